The third-order valence-electron chi connectivity index (χ3n) is 3.38. The number of pyridine rings is 1. The van der Waals surface area contributed by atoms with E-state index < -0.39 is 0 Å². The van der Waals surface area contributed by atoms with E-state index in [2.05, 4.69) is 17.4 Å². The molecule has 1 N–H and O–H groups in total. The highest BCUT2D eigenvalue weighted by Gasteiger charge is 2.25. The molecule has 1 heterocycles. The molecular formula is C15H18N2O. The normalized spacial score (nSPS) is 14.8. The minimum absolute atomic E-state index is 0.674. The van der Waals surface area contributed by atoms with Gasteiger partial charge in [0.05, 0.1) is 12.1 Å². The molecule has 0 saturated heterocycles. The number of nitrogens with zero attached hydrogens (tertiary/aromatic N) is 1. The molecule has 0 unspecified atom stereocenters. The van der Waals surface area contributed by atoms with Crippen molar-refractivity contribution < 1.29 is 4.74 Å². The molecule has 18 heavy (non-hydrogen) atoms. The van der Waals surface area contributed by atoms with E-state index >= 15 is 0 Å². The van der Waals surface area contributed by atoms with Crippen molar-refractivity contribution in [2.45, 2.75) is 25.7 Å². The van der Waals surface area contributed by atoms with Crippen LogP contribution in [0.2, 0.25) is 0 Å². The van der Waals surface area contributed by atoms with Crippen LogP contribution in [0.5, 0.6) is 5.75 Å². The molecule has 0 amide bonds. The van der Waals surface area contributed by atoms with Crippen LogP contribution in [0, 0.1) is 0 Å². The standard InChI is InChI=1S/C15H18N2O/c1-3-18-11-6-7-13-12(8-11)15(16-2)9-14(17-13)10-4-5-10/h6-10H,3-5H2,1-2H3,(H,16,17). The van der Waals surface area contributed by atoms with Crippen LogP contribution in [0.25, 0.3) is 10.9 Å². The Morgan fingerprint density at radius 3 is 2.83 bits per heavy atom. The van der Waals surface area contributed by atoms with E-state index in [4.69, 9.17) is 9.72 Å². The van der Waals surface area contributed by atoms with Gasteiger partial charge in [0.25, 0.3) is 0 Å². The second-order valence-corrected chi connectivity index (χ2v) is 4.73. The van der Waals surface area contributed by atoms with Crippen LogP contribution in [-0.2, 0) is 0 Å². The average Bonchev–Trinajstić information content (AvgIpc) is 3.22. The van der Waals surface area contributed by atoms with E-state index in [1.807, 2.05) is 26.1 Å². The molecule has 0 radical (unpaired) electrons. The third-order valence-corrected chi connectivity index (χ3v) is 3.38. The maximum Gasteiger partial charge on any atom is 0.120 e. The predicted molar refractivity (Wildman–Crippen MR) is 74.4 cm³/mol. The molecule has 3 rings (SSSR count). The van der Waals surface area contributed by atoms with Crippen LogP contribution in [0.3, 0.4) is 0 Å². The fraction of sp³-hybridized carbons (Fsp3) is 0.400. The molecule has 1 aliphatic carbocycles. The number of aromatic nitrogens is 1. The van der Waals surface area contributed by atoms with Gasteiger partial charge in [-0.25, -0.2) is 0 Å². The fourth-order valence-corrected chi connectivity index (χ4v) is 2.28. The summed E-state index contributed by atoms with van der Waals surface area (Å²) in [5.74, 6) is 1.58. The van der Waals surface area contributed by atoms with Gasteiger partial charge in [0, 0.05) is 29.7 Å². The Bertz CT molecular complexity index is 576. The molecule has 1 aliphatic rings. The monoisotopic (exact) mass is 242 g/mol. The number of rotatable bonds is 4. The van der Waals surface area contributed by atoms with Gasteiger partial charge in [0.1, 0.15) is 5.75 Å². The highest BCUT2D eigenvalue weighted by atomic mass is 16.5. The lowest BCUT2D eigenvalue weighted by molar-refractivity contribution is 0.340. The lowest BCUT2D eigenvalue weighted by Crippen LogP contribution is -1.97. The number of anilines is 1. The summed E-state index contributed by atoms with van der Waals surface area (Å²) < 4.78 is 5.55. The molecule has 3 nitrogen and oxygen atoms in total. The second-order valence-electron chi connectivity index (χ2n) is 4.73. The predicted octanol–water partition coefficient (Wildman–Crippen LogP) is 3.55. The maximum absolute atomic E-state index is 5.55. The van der Waals surface area contributed by atoms with E-state index in [1.54, 1.807) is 0 Å². The summed E-state index contributed by atoms with van der Waals surface area (Å²) in [6, 6.07) is 8.28. The summed E-state index contributed by atoms with van der Waals surface area (Å²) in [5.41, 5.74) is 3.41. The van der Waals surface area contributed by atoms with E-state index in [0.29, 0.717) is 12.5 Å². The lowest BCUT2D eigenvalue weighted by Gasteiger charge is -2.10. The first-order valence-corrected chi connectivity index (χ1v) is 6.57. The SMILES string of the molecule is CCOc1ccc2nc(C3CC3)cc(NC)c2c1. The van der Waals surface area contributed by atoms with Crippen LogP contribution >= 0.6 is 0 Å². The van der Waals surface area contributed by atoms with E-state index in [-0.39, 0.29) is 0 Å². The molecule has 0 atom stereocenters. The van der Waals surface area contributed by atoms with Crippen molar-refractivity contribution in [1.82, 2.24) is 4.98 Å². The quantitative estimate of drug-likeness (QED) is 0.890. The van der Waals surface area contributed by atoms with Crippen molar-refractivity contribution in [3.63, 3.8) is 0 Å². The van der Waals surface area contributed by atoms with Gasteiger partial charge in [-0.1, -0.05) is 0 Å². The molecule has 0 spiro atoms. The van der Waals surface area contributed by atoms with Gasteiger partial charge >= 0.3 is 0 Å². The Labute approximate surface area is 107 Å². The number of fused-ring (bicyclic) bond motifs is 1. The molecule has 0 aliphatic heterocycles. The first-order valence-electron chi connectivity index (χ1n) is 6.57. The van der Waals surface area contributed by atoms with Gasteiger partial charge in [0.15, 0.2) is 0 Å². The first kappa shape index (κ1) is 11.3. The minimum Gasteiger partial charge on any atom is -0.494 e. The molecule has 1 saturated carbocycles. The zero-order chi connectivity index (χ0) is 12.5. The Hall–Kier alpha value is -1.77. The highest BCUT2D eigenvalue weighted by molar-refractivity contribution is 5.92. The second kappa shape index (κ2) is 4.48. The fourth-order valence-electron chi connectivity index (χ4n) is 2.28. The summed E-state index contributed by atoms with van der Waals surface area (Å²) in [5, 5.41) is 4.40. The van der Waals surface area contributed by atoms with Crippen LogP contribution in [0.1, 0.15) is 31.4 Å². The van der Waals surface area contributed by atoms with Crippen molar-refractivity contribution >= 4 is 16.6 Å². The number of ether oxygens (including phenoxy) is 1. The summed E-state index contributed by atoms with van der Waals surface area (Å²) in [4.78, 5) is 4.75. The van der Waals surface area contributed by atoms with Crippen LogP contribution < -0.4 is 10.1 Å². The zero-order valence-electron chi connectivity index (χ0n) is 10.9. The van der Waals surface area contributed by atoms with Crippen molar-refractivity contribution in [2.24, 2.45) is 0 Å². The van der Waals surface area contributed by atoms with Crippen LogP contribution in [0.15, 0.2) is 24.3 Å². The number of benzene rings is 1. The molecule has 1 fully saturated rings. The largest absolute Gasteiger partial charge is 0.494 e. The average molecular weight is 242 g/mol. The topological polar surface area (TPSA) is 34.1 Å². The third kappa shape index (κ3) is 2.01. The minimum atomic E-state index is 0.674. The van der Waals surface area contributed by atoms with Gasteiger partial charge in [-0.05, 0) is 44.0 Å². The smallest absolute Gasteiger partial charge is 0.120 e. The highest BCUT2D eigenvalue weighted by Crippen LogP contribution is 2.41. The summed E-state index contributed by atoms with van der Waals surface area (Å²) >= 11 is 0. The first-order chi connectivity index (χ1) is 8.81. The zero-order valence-corrected chi connectivity index (χ0v) is 10.9. The number of hydrogen-bond donors (Lipinski definition) is 1. The Kier molecular flexibility index (Phi) is 2.82. The van der Waals surface area contributed by atoms with Gasteiger partial charge in [0.2, 0.25) is 0 Å². The van der Waals surface area contributed by atoms with Gasteiger partial charge in [-0.15, -0.1) is 0 Å². The molecule has 2 aromatic rings. The summed E-state index contributed by atoms with van der Waals surface area (Å²) in [6.45, 7) is 2.69. The van der Waals surface area contributed by atoms with E-state index in [1.165, 1.54) is 18.5 Å². The van der Waals surface area contributed by atoms with Gasteiger partial charge in [-0.2, -0.15) is 0 Å². The van der Waals surface area contributed by atoms with Gasteiger partial charge < -0.3 is 10.1 Å². The molecular weight excluding hydrogens is 224 g/mol. The summed E-state index contributed by atoms with van der Waals surface area (Å²) in [7, 11) is 1.96. The molecule has 1 aromatic heterocycles. The Morgan fingerprint density at radius 1 is 1.33 bits per heavy atom. The molecule has 94 valence electrons. The number of hydrogen-bond acceptors (Lipinski definition) is 3. The van der Waals surface area contributed by atoms with Crippen LogP contribution in [0.4, 0.5) is 5.69 Å². The van der Waals surface area contributed by atoms with Gasteiger partial charge in [-0.3, -0.25) is 4.98 Å². The Balaban J connectivity index is 2.12. The maximum atomic E-state index is 5.55. The van der Waals surface area contributed by atoms with Crippen LogP contribution in [-0.4, -0.2) is 18.6 Å². The Morgan fingerprint density at radius 2 is 2.17 bits per heavy atom. The van der Waals surface area contributed by atoms with Crippen molar-refractivity contribution in [1.29, 1.82) is 0 Å². The van der Waals surface area contributed by atoms with E-state index in [0.717, 1.165) is 22.3 Å². The molecule has 0 bridgehead atoms. The molecule has 1 aromatic carbocycles. The number of nitrogens with one attached hydrogen (secondary N) is 1. The van der Waals surface area contributed by atoms with Crippen molar-refractivity contribution in [3.8, 4) is 5.75 Å². The molecule has 3 heteroatoms. The lowest BCUT2D eigenvalue weighted by atomic mass is 10.1. The van der Waals surface area contributed by atoms with E-state index in [9.17, 15) is 0 Å². The van der Waals surface area contributed by atoms with Crippen molar-refractivity contribution in [2.75, 3.05) is 19.0 Å². The van der Waals surface area contributed by atoms with Crippen molar-refractivity contribution in [3.05, 3.63) is 30.0 Å². The summed E-state index contributed by atoms with van der Waals surface area (Å²) in [6.07, 6.45) is 2.55.